The molecule has 31 atom stereocenters. The Balaban J connectivity index is 1.38. The zero-order valence-corrected chi connectivity index (χ0v) is 61.9. The summed E-state index contributed by atoms with van der Waals surface area (Å²) in [6.45, 7) is 18.0. The van der Waals surface area contributed by atoms with Crippen LogP contribution in [-0.4, -0.2) is 272 Å². The van der Waals surface area contributed by atoms with Crippen LogP contribution in [-0.2, 0) is 9.47 Å². The molecule has 0 amide bonds. The van der Waals surface area contributed by atoms with Gasteiger partial charge >= 0.3 is 0 Å². The summed E-state index contributed by atoms with van der Waals surface area (Å²) in [5, 5.41) is 237. The first-order chi connectivity index (χ1) is 48.5. The van der Waals surface area contributed by atoms with Crippen LogP contribution in [0, 0.1) is 35.5 Å². The molecule has 103 heavy (non-hydrogen) atoms. The summed E-state index contributed by atoms with van der Waals surface area (Å²) < 4.78 is 11.8. The minimum Gasteiger partial charge on any atom is -0.394 e. The standard InChI is InChI=1S/C79H136O24/c1-9-10-11-12-13-14-15-16-17-18-19-20-21-22-23-63(89)75(98)70-42-60(86)43-71(102-70)78(101)73(96)51(7)25-27-62(88)69-44-68(94)77(100)79(103-69)76(99)65(91)34-46(2)24-26-55(81)41-67(93)72(95)52(8)36-58(84)32-49(5)31-56(82)29-47(3)28-48(4)30-57(83)33-50(6)35-64(90)53-37-54(74(97)66(92)39-53)38-59(85)40-61(87)45-80/h9-11,14-19,22-23,28,34,47,49-50,52-101H,1,7,12-13,20-21,24-27,29-33,35-45H2,2-6,8H3/b11-10+,15-14+,17-16+,19-18+,23-22+,46-34+,48-28+. The molecule has 3 fully saturated rings. The van der Waals surface area contributed by atoms with Crippen LogP contribution in [0.3, 0.4) is 0 Å². The highest BCUT2D eigenvalue weighted by atomic mass is 16.5. The normalized spacial score (nSPS) is 29.5. The average Bonchev–Trinajstić information content (AvgIpc) is 0.814. The van der Waals surface area contributed by atoms with Crippen molar-refractivity contribution in [3.8, 4) is 0 Å². The fourth-order valence-electron chi connectivity index (χ4n) is 14.8. The first-order valence-electron chi connectivity index (χ1n) is 37.7. The monoisotopic (exact) mass is 1470 g/mol. The van der Waals surface area contributed by atoms with E-state index in [4.69, 9.17) is 14.6 Å². The van der Waals surface area contributed by atoms with Crippen molar-refractivity contribution >= 4 is 0 Å². The van der Waals surface area contributed by atoms with E-state index < -0.39 is 171 Å². The number of aliphatic hydroxyl groups is 22. The van der Waals surface area contributed by atoms with Gasteiger partial charge in [-0.25, -0.2) is 0 Å². The second-order valence-electron chi connectivity index (χ2n) is 30.8. The summed E-state index contributed by atoms with van der Waals surface area (Å²) in [6.07, 6.45) is -1.78. The molecule has 0 bridgehead atoms. The Kier molecular flexibility index (Phi) is 45.3. The van der Waals surface area contributed by atoms with E-state index in [1.165, 1.54) is 12.2 Å². The molecule has 0 radical (unpaired) electrons. The minimum atomic E-state index is -1.81. The third kappa shape index (κ3) is 35.7. The predicted octanol–water partition coefficient (Wildman–Crippen LogP) is 3.27. The maximum atomic E-state index is 11.2. The van der Waals surface area contributed by atoms with Crippen LogP contribution < -0.4 is 0 Å². The van der Waals surface area contributed by atoms with Crippen LogP contribution in [0.15, 0.2) is 109 Å². The van der Waals surface area contributed by atoms with Gasteiger partial charge in [0.25, 0.3) is 0 Å². The van der Waals surface area contributed by atoms with Crippen molar-refractivity contribution in [3.63, 3.8) is 0 Å². The Labute approximate surface area is 612 Å². The lowest BCUT2D eigenvalue weighted by Crippen LogP contribution is -2.57. The van der Waals surface area contributed by atoms with Crippen LogP contribution in [0.5, 0.6) is 0 Å². The molecule has 1 aliphatic carbocycles. The summed E-state index contributed by atoms with van der Waals surface area (Å²) in [5.74, 6) is -1.64. The van der Waals surface area contributed by atoms with Gasteiger partial charge in [0.15, 0.2) is 0 Å². The lowest BCUT2D eigenvalue weighted by molar-refractivity contribution is -0.227. The predicted molar refractivity (Wildman–Crippen MR) is 393 cm³/mol. The fraction of sp³-hybridized carbons (Fsp3) is 0.772. The second kappa shape index (κ2) is 49.7. The molecule has 31 unspecified atom stereocenters. The molecular formula is C79H136O24. The van der Waals surface area contributed by atoms with Crippen molar-refractivity contribution in [2.45, 2.75) is 342 Å². The van der Waals surface area contributed by atoms with E-state index >= 15 is 0 Å². The van der Waals surface area contributed by atoms with Gasteiger partial charge in [-0.15, -0.1) is 0 Å². The summed E-state index contributed by atoms with van der Waals surface area (Å²) in [4.78, 5) is 0. The molecule has 24 nitrogen and oxygen atoms in total. The van der Waals surface area contributed by atoms with Gasteiger partial charge in [0.05, 0.1) is 110 Å². The van der Waals surface area contributed by atoms with Crippen molar-refractivity contribution in [3.05, 3.63) is 109 Å². The van der Waals surface area contributed by atoms with Crippen LogP contribution in [0.25, 0.3) is 0 Å². The number of ether oxygens (including phenoxy) is 2. The number of hydrogen-bond acceptors (Lipinski definition) is 24. The Morgan fingerprint density at radius 2 is 1.06 bits per heavy atom. The van der Waals surface area contributed by atoms with Gasteiger partial charge in [-0.3, -0.25) is 0 Å². The van der Waals surface area contributed by atoms with Crippen LogP contribution in [0.4, 0.5) is 0 Å². The van der Waals surface area contributed by atoms with Gasteiger partial charge in [-0.2, -0.15) is 0 Å². The highest BCUT2D eigenvalue weighted by molar-refractivity contribution is 5.13. The van der Waals surface area contributed by atoms with Crippen LogP contribution >= 0.6 is 0 Å². The quantitative estimate of drug-likeness (QED) is 0.0236. The van der Waals surface area contributed by atoms with Gasteiger partial charge in [0.1, 0.15) is 48.8 Å². The first-order valence-corrected chi connectivity index (χ1v) is 37.7. The van der Waals surface area contributed by atoms with Crippen LogP contribution in [0.2, 0.25) is 0 Å². The molecule has 22 N–H and O–H groups in total. The largest absolute Gasteiger partial charge is 0.394 e. The minimum absolute atomic E-state index is 0.0358. The van der Waals surface area contributed by atoms with Gasteiger partial charge in [0, 0.05) is 32.1 Å². The molecule has 3 rings (SSSR count). The van der Waals surface area contributed by atoms with Crippen molar-refractivity contribution in [1.82, 2.24) is 0 Å². The topological polar surface area (TPSA) is 464 Å². The van der Waals surface area contributed by atoms with Gasteiger partial charge in [-0.05, 0) is 171 Å². The molecule has 2 saturated heterocycles. The molecule has 0 aromatic carbocycles. The maximum absolute atomic E-state index is 11.2. The highest BCUT2D eigenvalue weighted by Gasteiger charge is 2.46. The number of allylic oxidation sites excluding steroid dienone is 12. The van der Waals surface area contributed by atoms with E-state index in [-0.39, 0.29) is 106 Å². The van der Waals surface area contributed by atoms with Gasteiger partial charge in [-0.1, -0.05) is 131 Å². The molecular weight excluding hydrogens is 1330 g/mol. The summed E-state index contributed by atoms with van der Waals surface area (Å²) in [7, 11) is 0. The molecule has 1 saturated carbocycles. The zero-order chi connectivity index (χ0) is 77.2. The number of aliphatic hydroxyl groups excluding tert-OH is 22. The van der Waals surface area contributed by atoms with Gasteiger partial charge < -0.3 is 122 Å². The molecule has 2 heterocycles. The van der Waals surface area contributed by atoms with Crippen LogP contribution in [0.1, 0.15) is 189 Å². The van der Waals surface area contributed by atoms with Crippen molar-refractivity contribution in [1.29, 1.82) is 0 Å². The molecule has 596 valence electrons. The summed E-state index contributed by atoms with van der Waals surface area (Å²) in [6, 6.07) is 0. The molecule has 24 heteroatoms. The van der Waals surface area contributed by atoms with Crippen molar-refractivity contribution in [2.75, 3.05) is 6.61 Å². The van der Waals surface area contributed by atoms with E-state index in [1.54, 1.807) is 26.0 Å². The zero-order valence-electron chi connectivity index (χ0n) is 61.9. The van der Waals surface area contributed by atoms with E-state index in [9.17, 15) is 107 Å². The number of unbranched alkanes of at least 4 members (excludes halogenated alkanes) is 2. The van der Waals surface area contributed by atoms with E-state index in [1.807, 2.05) is 76.3 Å². The Morgan fingerprint density at radius 3 is 1.68 bits per heavy atom. The van der Waals surface area contributed by atoms with Gasteiger partial charge in [0.2, 0.25) is 0 Å². The summed E-state index contributed by atoms with van der Waals surface area (Å²) in [5.41, 5.74) is 1.50. The highest BCUT2D eigenvalue weighted by Crippen LogP contribution is 2.38. The molecule has 3 aliphatic rings. The molecule has 0 aromatic heterocycles. The Hall–Kier alpha value is -3.30. The molecule has 2 aliphatic heterocycles. The van der Waals surface area contributed by atoms with Crippen molar-refractivity contribution in [2.24, 2.45) is 35.5 Å². The number of rotatable bonds is 50. The van der Waals surface area contributed by atoms with E-state index in [0.29, 0.717) is 63.4 Å². The summed E-state index contributed by atoms with van der Waals surface area (Å²) >= 11 is 0. The second-order valence-corrected chi connectivity index (χ2v) is 30.8. The first kappa shape index (κ1) is 93.9. The maximum Gasteiger partial charge on any atom is 0.115 e. The average molecular weight is 1470 g/mol. The lowest BCUT2D eigenvalue weighted by atomic mass is 9.72. The smallest absolute Gasteiger partial charge is 0.115 e. The number of hydrogen-bond donors (Lipinski definition) is 22. The Bertz CT molecular complexity index is 2540. The SMILES string of the molecule is C=C/C=C/CC/C=C/C=C/C=C/CC/C=C/C(O)C(O)C1CC(O)CC(C(O)C(O)C(=C)CCC(O)C2CC(O)C(O)C(C(O)C(O)/C=C(\C)CCC(O)CC(O)C(O)C(C)CC(O)CC(C)CC(O)CC(C)/C=C(\C)CC(O)CC(C)CC(O)C3CC(O)C(O)C(CC(O)CC(O)CO)C3)O2)O1. The van der Waals surface area contributed by atoms with E-state index in [2.05, 4.69) is 19.2 Å². The van der Waals surface area contributed by atoms with Crippen molar-refractivity contribution < 1.29 is 122 Å². The molecule has 0 spiro atoms. The molecule has 0 aromatic rings. The lowest BCUT2D eigenvalue weighted by Gasteiger charge is -2.42. The van der Waals surface area contributed by atoms with E-state index in [0.717, 1.165) is 18.4 Å². The Morgan fingerprint density at radius 1 is 0.485 bits per heavy atom. The third-order valence-electron chi connectivity index (χ3n) is 20.6. The fourth-order valence-corrected chi connectivity index (χ4v) is 14.8. The third-order valence-corrected chi connectivity index (χ3v) is 20.6.